The second kappa shape index (κ2) is 5.39. The predicted octanol–water partition coefficient (Wildman–Crippen LogP) is 2.43. The van der Waals surface area contributed by atoms with E-state index in [4.69, 9.17) is 9.79 Å². The molecule has 0 aliphatic carbocycles. The molecule has 5 heteroatoms. The molecule has 0 rings (SSSR count). The summed E-state index contributed by atoms with van der Waals surface area (Å²) in [4.78, 5) is 0. The third-order valence-electron chi connectivity index (χ3n) is 1.76. The summed E-state index contributed by atoms with van der Waals surface area (Å²) >= 11 is 0. The lowest BCUT2D eigenvalue weighted by atomic mass is 10.4. The zero-order valence-corrected chi connectivity index (χ0v) is 9.54. The maximum absolute atomic E-state index is 11.8. The second-order valence-corrected chi connectivity index (χ2v) is 5.25. The Morgan fingerprint density at radius 3 is 2.46 bits per heavy atom. The molecule has 0 saturated carbocycles. The lowest BCUT2D eigenvalue weighted by Crippen LogP contribution is -2.23. The number of hydrogen-bond donors (Lipinski definition) is 0. The normalized spacial score (nSPS) is 15.8. The molecule has 4 nitrogen and oxygen atoms in total. The molecular formula is C8H17N2O2P. The van der Waals surface area contributed by atoms with Gasteiger partial charge >= 0.3 is 7.52 Å². The summed E-state index contributed by atoms with van der Waals surface area (Å²) in [6.45, 7) is 6.03. The van der Waals surface area contributed by atoms with Gasteiger partial charge in [-0.05, 0) is 27.3 Å². The van der Waals surface area contributed by atoms with Crippen molar-refractivity contribution in [2.75, 3.05) is 13.7 Å². The molecule has 0 saturated heterocycles. The van der Waals surface area contributed by atoms with E-state index in [1.165, 1.54) is 4.67 Å². The third kappa shape index (κ3) is 3.48. The van der Waals surface area contributed by atoms with E-state index < -0.39 is 7.52 Å². The van der Waals surface area contributed by atoms with Crippen molar-refractivity contribution in [2.45, 2.75) is 33.2 Å². The van der Waals surface area contributed by atoms with Gasteiger partial charge in [0.2, 0.25) is 0 Å². The number of hydrogen-bond acceptors (Lipinski definition) is 3. The van der Waals surface area contributed by atoms with Crippen LogP contribution in [0.25, 0.3) is 0 Å². The molecule has 0 spiro atoms. The molecule has 0 aromatic heterocycles. The molecule has 0 N–H and O–H groups in total. The first kappa shape index (κ1) is 12.6. The highest BCUT2D eigenvalue weighted by atomic mass is 31.2. The Labute approximate surface area is 80.0 Å². The number of rotatable bonds is 5. The molecule has 0 aromatic carbocycles. The van der Waals surface area contributed by atoms with Crippen LogP contribution in [0.1, 0.15) is 27.2 Å². The van der Waals surface area contributed by atoms with Gasteiger partial charge in [0.25, 0.3) is 0 Å². The highest BCUT2D eigenvalue weighted by molar-refractivity contribution is 7.61. The van der Waals surface area contributed by atoms with Crippen LogP contribution in [-0.4, -0.2) is 24.4 Å². The molecule has 0 bridgehead atoms. The first-order valence-electron chi connectivity index (χ1n) is 4.37. The molecule has 0 aliphatic rings. The Morgan fingerprint density at radius 2 is 2.15 bits per heavy atom. The molecule has 0 amide bonds. The zero-order chi connectivity index (χ0) is 10.5. The van der Waals surface area contributed by atoms with Crippen LogP contribution in [0, 0.1) is 11.1 Å². The maximum Gasteiger partial charge on any atom is 0.371 e. The van der Waals surface area contributed by atoms with E-state index in [1.54, 1.807) is 12.9 Å². The van der Waals surface area contributed by atoms with Crippen LogP contribution in [0.2, 0.25) is 0 Å². The van der Waals surface area contributed by atoms with Gasteiger partial charge in [-0.25, -0.2) is 4.67 Å². The van der Waals surface area contributed by atoms with Crippen molar-refractivity contribution in [3.63, 3.8) is 0 Å². The Kier molecular flexibility index (Phi) is 5.24. The Hall–Kier alpha value is -0.360. The molecule has 76 valence electrons. The van der Waals surface area contributed by atoms with E-state index in [0.29, 0.717) is 6.61 Å². The van der Waals surface area contributed by atoms with E-state index in [-0.39, 0.29) is 6.04 Å². The standard InChI is InChI=1S/C8H17N2O2P/c1-5-6-12-13(11,7-9)10(4)8(2)3/h8H,5-6H2,1-4H3. The quantitative estimate of drug-likeness (QED) is 0.645. The second-order valence-electron chi connectivity index (χ2n) is 3.12. The summed E-state index contributed by atoms with van der Waals surface area (Å²) in [6.07, 6.45) is 0.762. The SMILES string of the molecule is CCCOP(=O)(C#N)N(C)C(C)C. The minimum absolute atomic E-state index is 0.0438. The zero-order valence-electron chi connectivity index (χ0n) is 8.65. The Balaban J connectivity index is 4.47. The van der Waals surface area contributed by atoms with Gasteiger partial charge in [0.15, 0.2) is 5.81 Å². The number of nitriles is 1. The highest BCUT2D eigenvalue weighted by Gasteiger charge is 2.30. The molecule has 13 heavy (non-hydrogen) atoms. The van der Waals surface area contributed by atoms with Crippen LogP contribution in [0.5, 0.6) is 0 Å². The van der Waals surface area contributed by atoms with Crippen molar-refractivity contribution in [3.05, 3.63) is 0 Å². The minimum Gasteiger partial charge on any atom is -0.307 e. The largest absolute Gasteiger partial charge is 0.371 e. The van der Waals surface area contributed by atoms with Gasteiger partial charge in [-0.15, -0.1) is 0 Å². The molecule has 0 heterocycles. The van der Waals surface area contributed by atoms with E-state index >= 15 is 0 Å². The first-order valence-corrected chi connectivity index (χ1v) is 5.95. The van der Waals surface area contributed by atoms with E-state index in [2.05, 4.69) is 0 Å². The smallest absolute Gasteiger partial charge is 0.307 e. The fourth-order valence-electron chi connectivity index (χ4n) is 0.710. The lowest BCUT2D eigenvalue weighted by Gasteiger charge is -2.25. The highest BCUT2D eigenvalue weighted by Crippen LogP contribution is 2.49. The summed E-state index contributed by atoms with van der Waals surface area (Å²) in [6, 6.07) is 0.0438. The molecule has 0 aliphatic heterocycles. The van der Waals surface area contributed by atoms with Crippen molar-refractivity contribution >= 4 is 7.52 Å². The van der Waals surface area contributed by atoms with Gasteiger partial charge in [0.05, 0.1) is 6.61 Å². The third-order valence-corrected chi connectivity index (χ3v) is 3.84. The van der Waals surface area contributed by atoms with Gasteiger partial charge in [-0.3, -0.25) is 4.57 Å². The lowest BCUT2D eigenvalue weighted by molar-refractivity contribution is 0.266. The van der Waals surface area contributed by atoms with Crippen molar-refractivity contribution in [3.8, 4) is 5.81 Å². The van der Waals surface area contributed by atoms with E-state index in [1.807, 2.05) is 20.8 Å². The van der Waals surface area contributed by atoms with Crippen molar-refractivity contribution in [1.29, 1.82) is 5.26 Å². The van der Waals surface area contributed by atoms with Crippen molar-refractivity contribution < 1.29 is 9.09 Å². The topological polar surface area (TPSA) is 53.3 Å². The summed E-state index contributed by atoms with van der Waals surface area (Å²) in [5.74, 6) is 1.75. The summed E-state index contributed by atoms with van der Waals surface area (Å²) in [5.41, 5.74) is 0. The summed E-state index contributed by atoms with van der Waals surface area (Å²) in [7, 11) is -1.58. The van der Waals surface area contributed by atoms with Gasteiger partial charge in [-0.2, -0.15) is 5.26 Å². The van der Waals surface area contributed by atoms with Crippen LogP contribution in [0.3, 0.4) is 0 Å². The van der Waals surface area contributed by atoms with Crippen molar-refractivity contribution in [1.82, 2.24) is 4.67 Å². The fraction of sp³-hybridized carbons (Fsp3) is 0.875. The summed E-state index contributed by atoms with van der Waals surface area (Å²) in [5, 5.41) is 8.75. The van der Waals surface area contributed by atoms with Gasteiger partial charge in [0.1, 0.15) is 0 Å². The molecule has 0 radical (unpaired) electrons. The molecule has 1 unspecified atom stereocenters. The van der Waals surface area contributed by atoms with Crippen LogP contribution in [0.4, 0.5) is 0 Å². The molecule has 1 atom stereocenters. The van der Waals surface area contributed by atoms with Crippen LogP contribution < -0.4 is 0 Å². The minimum atomic E-state index is -3.23. The van der Waals surface area contributed by atoms with Gasteiger partial charge in [-0.1, -0.05) is 6.92 Å². The van der Waals surface area contributed by atoms with Crippen LogP contribution in [0.15, 0.2) is 0 Å². The van der Waals surface area contributed by atoms with Crippen LogP contribution >= 0.6 is 7.52 Å². The van der Waals surface area contributed by atoms with Crippen LogP contribution in [-0.2, 0) is 9.09 Å². The van der Waals surface area contributed by atoms with Gasteiger partial charge < -0.3 is 4.52 Å². The Bertz CT molecular complexity index is 235. The first-order chi connectivity index (χ1) is 5.98. The Morgan fingerprint density at radius 1 is 1.62 bits per heavy atom. The summed E-state index contributed by atoms with van der Waals surface area (Å²) < 4.78 is 18.4. The van der Waals surface area contributed by atoms with E-state index in [9.17, 15) is 4.57 Å². The van der Waals surface area contributed by atoms with E-state index in [0.717, 1.165) is 6.42 Å². The molecule has 0 fully saturated rings. The average Bonchev–Trinajstić information content (AvgIpc) is 2.12. The number of nitrogens with zero attached hydrogens (tertiary/aromatic N) is 2. The molecular weight excluding hydrogens is 187 g/mol. The van der Waals surface area contributed by atoms with Crippen molar-refractivity contribution in [2.24, 2.45) is 0 Å². The predicted molar refractivity (Wildman–Crippen MR) is 52.4 cm³/mol. The maximum atomic E-state index is 11.8. The monoisotopic (exact) mass is 204 g/mol. The van der Waals surface area contributed by atoms with Gasteiger partial charge in [0, 0.05) is 6.04 Å². The molecule has 0 aromatic rings. The average molecular weight is 204 g/mol. The fourth-order valence-corrected chi connectivity index (χ4v) is 2.13.